The number of aromatic amines is 1. The van der Waals surface area contributed by atoms with Crippen LogP contribution in [0.1, 0.15) is 16.8 Å². The lowest BCUT2D eigenvalue weighted by atomic mass is 10.1. The fourth-order valence-electron chi connectivity index (χ4n) is 2.59. The van der Waals surface area contributed by atoms with Gasteiger partial charge in [-0.2, -0.15) is 5.26 Å². The van der Waals surface area contributed by atoms with Crippen molar-refractivity contribution in [2.75, 3.05) is 0 Å². The van der Waals surface area contributed by atoms with Crippen LogP contribution < -0.4 is 5.56 Å². The number of carbonyl (C=O) groups is 1. The number of rotatable bonds is 4. The molecule has 0 radical (unpaired) electrons. The highest BCUT2D eigenvalue weighted by Gasteiger charge is 2.15. The van der Waals surface area contributed by atoms with Gasteiger partial charge in [-0.15, -0.1) is 0 Å². The average molecular weight is 334 g/mol. The van der Waals surface area contributed by atoms with Gasteiger partial charge in [-0.05, 0) is 36.2 Å². The van der Waals surface area contributed by atoms with E-state index in [2.05, 4.69) is 10.1 Å². The van der Waals surface area contributed by atoms with E-state index in [1.807, 2.05) is 6.07 Å². The Morgan fingerprint density at radius 1 is 1.28 bits per heavy atom. The van der Waals surface area contributed by atoms with Crippen molar-refractivity contribution in [2.24, 2.45) is 0 Å². The summed E-state index contributed by atoms with van der Waals surface area (Å²) in [5.41, 5.74) is 2.69. The Hall–Kier alpha value is -3.66. The predicted octanol–water partition coefficient (Wildman–Crippen LogP) is 2.03. The third-order valence-electron chi connectivity index (χ3n) is 3.77. The largest absolute Gasteiger partial charge is 0.481 e. The predicted molar refractivity (Wildman–Crippen MR) is 90.4 cm³/mol. The summed E-state index contributed by atoms with van der Waals surface area (Å²) in [6.07, 6.45) is 1.32. The van der Waals surface area contributed by atoms with Crippen LogP contribution in [0.2, 0.25) is 0 Å². The Balaban J connectivity index is 2.00. The Bertz CT molecular complexity index is 1020. The van der Waals surface area contributed by atoms with Gasteiger partial charge in [0.25, 0.3) is 5.56 Å². The maximum Gasteiger partial charge on any atom is 0.307 e. The van der Waals surface area contributed by atoms with Crippen LogP contribution in [0.5, 0.6) is 0 Å². The highest BCUT2D eigenvalue weighted by molar-refractivity contribution is 5.70. The maximum absolute atomic E-state index is 12.7. The van der Waals surface area contributed by atoms with Gasteiger partial charge >= 0.3 is 5.97 Å². The second-order valence-corrected chi connectivity index (χ2v) is 5.54. The van der Waals surface area contributed by atoms with Crippen molar-refractivity contribution in [1.82, 2.24) is 14.8 Å². The standard InChI is InChI=1S/C18H14N4O3/c1-11-17(14-5-2-12(9-19)3-6-14)18(25)22(21-11)15-7-4-13(10-20-15)8-16(23)24/h2-7,10,21H,8H2,1H3,(H,23,24). The monoisotopic (exact) mass is 334 g/mol. The SMILES string of the molecule is Cc1[nH]n(-c2ccc(CC(=O)O)cn2)c(=O)c1-c1ccc(C#N)cc1. The quantitative estimate of drug-likeness (QED) is 0.758. The number of aryl methyl sites for hydroxylation is 1. The summed E-state index contributed by atoms with van der Waals surface area (Å²) in [7, 11) is 0. The maximum atomic E-state index is 12.7. The number of carboxylic acid groups (broad SMARTS) is 1. The first-order valence-electron chi connectivity index (χ1n) is 7.49. The van der Waals surface area contributed by atoms with E-state index in [-0.39, 0.29) is 12.0 Å². The van der Waals surface area contributed by atoms with E-state index in [1.165, 1.54) is 10.9 Å². The lowest BCUT2D eigenvalue weighted by Gasteiger charge is -2.02. The van der Waals surface area contributed by atoms with E-state index in [4.69, 9.17) is 10.4 Å². The highest BCUT2D eigenvalue weighted by atomic mass is 16.4. The molecule has 0 amide bonds. The van der Waals surface area contributed by atoms with Crippen molar-refractivity contribution >= 4 is 5.97 Å². The lowest BCUT2D eigenvalue weighted by molar-refractivity contribution is -0.136. The number of pyridine rings is 1. The second-order valence-electron chi connectivity index (χ2n) is 5.54. The van der Waals surface area contributed by atoms with Gasteiger partial charge in [0.15, 0.2) is 5.82 Å². The van der Waals surface area contributed by atoms with Crippen molar-refractivity contribution in [3.63, 3.8) is 0 Å². The van der Waals surface area contributed by atoms with Gasteiger partial charge in [0.2, 0.25) is 0 Å². The van der Waals surface area contributed by atoms with Gasteiger partial charge in [0.1, 0.15) is 0 Å². The summed E-state index contributed by atoms with van der Waals surface area (Å²) in [4.78, 5) is 27.6. The molecule has 7 heteroatoms. The molecule has 0 unspecified atom stereocenters. The number of aromatic nitrogens is 3. The molecule has 3 rings (SSSR count). The summed E-state index contributed by atoms with van der Waals surface area (Å²) in [5, 5.41) is 20.6. The molecular weight excluding hydrogens is 320 g/mol. The summed E-state index contributed by atoms with van der Waals surface area (Å²) in [6, 6.07) is 12.0. The van der Waals surface area contributed by atoms with Crippen molar-refractivity contribution < 1.29 is 9.90 Å². The van der Waals surface area contributed by atoms with Crippen LogP contribution in [-0.4, -0.2) is 25.8 Å². The fraction of sp³-hybridized carbons (Fsp3) is 0.111. The normalized spacial score (nSPS) is 10.4. The summed E-state index contributed by atoms with van der Waals surface area (Å²) in [6.45, 7) is 1.78. The number of aliphatic carboxylic acids is 1. The molecule has 0 spiro atoms. The van der Waals surface area contributed by atoms with E-state index < -0.39 is 5.97 Å². The Labute approximate surface area is 142 Å². The number of carboxylic acids is 1. The van der Waals surface area contributed by atoms with E-state index in [1.54, 1.807) is 43.3 Å². The molecule has 1 aromatic carbocycles. The van der Waals surface area contributed by atoms with E-state index in [0.29, 0.717) is 33.8 Å². The van der Waals surface area contributed by atoms with Crippen LogP contribution in [0.25, 0.3) is 16.9 Å². The number of hydrogen-bond acceptors (Lipinski definition) is 4. The topological polar surface area (TPSA) is 112 Å². The molecule has 0 fully saturated rings. The zero-order valence-electron chi connectivity index (χ0n) is 13.4. The van der Waals surface area contributed by atoms with Gasteiger partial charge in [-0.3, -0.25) is 14.7 Å². The molecule has 0 atom stereocenters. The molecule has 124 valence electrons. The van der Waals surface area contributed by atoms with E-state index in [0.717, 1.165) is 0 Å². The average Bonchev–Trinajstić information content (AvgIpc) is 2.90. The first kappa shape index (κ1) is 16.2. The number of nitrogens with one attached hydrogen (secondary N) is 1. The van der Waals surface area contributed by atoms with Gasteiger partial charge in [0, 0.05) is 11.9 Å². The Morgan fingerprint density at radius 3 is 2.56 bits per heavy atom. The van der Waals surface area contributed by atoms with E-state index in [9.17, 15) is 9.59 Å². The van der Waals surface area contributed by atoms with Crippen LogP contribution in [-0.2, 0) is 11.2 Å². The van der Waals surface area contributed by atoms with E-state index >= 15 is 0 Å². The van der Waals surface area contributed by atoms with Gasteiger partial charge < -0.3 is 5.11 Å². The highest BCUT2D eigenvalue weighted by Crippen LogP contribution is 2.20. The smallest absolute Gasteiger partial charge is 0.307 e. The molecule has 25 heavy (non-hydrogen) atoms. The molecule has 0 aliphatic rings. The molecule has 2 N–H and O–H groups in total. The lowest BCUT2D eigenvalue weighted by Crippen LogP contribution is -2.17. The van der Waals surface area contributed by atoms with Gasteiger partial charge in [-0.1, -0.05) is 18.2 Å². The van der Waals surface area contributed by atoms with Gasteiger partial charge in [-0.25, -0.2) is 9.67 Å². The number of nitriles is 1. The van der Waals surface area contributed by atoms with Crippen LogP contribution in [0.3, 0.4) is 0 Å². The molecule has 0 saturated carbocycles. The van der Waals surface area contributed by atoms with Crippen molar-refractivity contribution in [3.8, 4) is 23.0 Å². The Kier molecular flexibility index (Phi) is 4.18. The number of hydrogen-bond donors (Lipinski definition) is 2. The minimum atomic E-state index is -0.939. The molecule has 2 heterocycles. The second kappa shape index (κ2) is 6.45. The molecule has 3 aromatic rings. The van der Waals surface area contributed by atoms with Crippen LogP contribution >= 0.6 is 0 Å². The molecule has 7 nitrogen and oxygen atoms in total. The van der Waals surface area contributed by atoms with Crippen LogP contribution in [0.15, 0.2) is 47.4 Å². The van der Waals surface area contributed by atoms with Gasteiger partial charge in [0.05, 0.1) is 23.6 Å². The summed E-state index contributed by atoms with van der Waals surface area (Å²) in [5.74, 6) is -0.562. The number of H-pyrrole nitrogens is 1. The molecule has 0 aliphatic carbocycles. The van der Waals surface area contributed by atoms with Crippen molar-refractivity contribution in [1.29, 1.82) is 5.26 Å². The summed E-state index contributed by atoms with van der Waals surface area (Å²) < 4.78 is 1.31. The molecule has 0 bridgehead atoms. The molecule has 0 aliphatic heterocycles. The zero-order valence-corrected chi connectivity index (χ0v) is 13.4. The minimum Gasteiger partial charge on any atom is -0.481 e. The molecule has 2 aromatic heterocycles. The molecule has 0 saturated heterocycles. The minimum absolute atomic E-state index is 0.123. The first-order valence-corrected chi connectivity index (χ1v) is 7.49. The fourth-order valence-corrected chi connectivity index (χ4v) is 2.59. The number of nitrogens with zero attached hydrogens (tertiary/aromatic N) is 3. The molecular formula is C18H14N4O3. The van der Waals surface area contributed by atoms with Crippen LogP contribution in [0.4, 0.5) is 0 Å². The van der Waals surface area contributed by atoms with Crippen molar-refractivity contribution in [2.45, 2.75) is 13.3 Å². The number of benzene rings is 1. The van der Waals surface area contributed by atoms with Crippen LogP contribution in [0, 0.1) is 18.3 Å². The van der Waals surface area contributed by atoms with Crippen molar-refractivity contribution in [3.05, 3.63) is 69.8 Å². The summed E-state index contributed by atoms with van der Waals surface area (Å²) >= 11 is 0. The first-order chi connectivity index (χ1) is 12.0. The Morgan fingerprint density at radius 2 is 2.00 bits per heavy atom. The third kappa shape index (κ3) is 3.19. The zero-order chi connectivity index (χ0) is 18.0. The third-order valence-corrected chi connectivity index (χ3v) is 3.77.